The Balaban J connectivity index is 1.91. The van der Waals surface area contributed by atoms with Crippen molar-refractivity contribution in [2.75, 3.05) is 7.11 Å². The minimum Gasteiger partial charge on any atom is -0.496 e. The van der Waals surface area contributed by atoms with Gasteiger partial charge in [0, 0.05) is 5.41 Å². The number of benzene rings is 1. The number of methoxy groups -OCH3 is 1. The fourth-order valence-corrected chi connectivity index (χ4v) is 4.92. The molecule has 2 atom stereocenters. The summed E-state index contributed by atoms with van der Waals surface area (Å²) in [6, 6.07) is 6.36. The van der Waals surface area contributed by atoms with Crippen LogP contribution < -0.4 is 4.74 Å². The van der Waals surface area contributed by atoms with Crippen LogP contribution in [0.4, 0.5) is 0 Å². The molecule has 1 aromatic carbocycles. The number of hydrogen-bond donors (Lipinski definition) is 0. The fourth-order valence-electron chi connectivity index (χ4n) is 4.92. The molecule has 2 unspecified atom stereocenters. The van der Waals surface area contributed by atoms with Gasteiger partial charge in [0.1, 0.15) is 5.75 Å². The summed E-state index contributed by atoms with van der Waals surface area (Å²) < 4.78 is 5.53. The van der Waals surface area contributed by atoms with Gasteiger partial charge >= 0.3 is 0 Å². The quantitative estimate of drug-likeness (QED) is 0.480. The van der Waals surface area contributed by atoms with Gasteiger partial charge in [0.25, 0.3) is 0 Å². The van der Waals surface area contributed by atoms with Gasteiger partial charge in [0.05, 0.1) is 7.11 Å². The summed E-state index contributed by atoms with van der Waals surface area (Å²) in [5, 5.41) is 0. The Morgan fingerprint density at radius 1 is 1.24 bits per heavy atom. The van der Waals surface area contributed by atoms with E-state index >= 15 is 0 Å². The lowest BCUT2D eigenvalue weighted by molar-refractivity contribution is -0.125. The summed E-state index contributed by atoms with van der Waals surface area (Å²) in [5.74, 6) is 1.73. The highest BCUT2D eigenvalue weighted by Crippen LogP contribution is 2.65. The van der Waals surface area contributed by atoms with E-state index in [0.717, 1.165) is 36.1 Å². The van der Waals surface area contributed by atoms with Crippen molar-refractivity contribution >= 4 is 11.9 Å². The number of allylic oxidation sites excluding steroid dienone is 1. The summed E-state index contributed by atoms with van der Waals surface area (Å²) in [6.45, 7) is 8.93. The molecular weight excluding hydrogens is 308 g/mol. The van der Waals surface area contributed by atoms with E-state index in [2.05, 4.69) is 52.0 Å². The number of carbonyl (C=O) groups excluding carboxylic acids is 1. The highest BCUT2D eigenvalue weighted by atomic mass is 16.5. The van der Waals surface area contributed by atoms with Crippen molar-refractivity contribution in [1.29, 1.82) is 0 Å². The first kappa shape index (κ1) is 18.2. The third-order valence-electron chi connectivity index (χ3n) is 7.04. The maximum atomic E-state index is 13.0. The van der Waals surface area contributed by atoms with Crippen LogP contribution in [0.1, 0.15) is 70.9 Å². The van der Waals surface area contributed by atoms with Crippen LogP contribution in [0.3, 0.4) is 0 Å². The molecule has 0 heterocycles. The van der Waals surface area contributed by atoms with Crippen LogP contribution in [-0.4, -0.2) is 12.9 Å². The zero-order valence-corrected chi connectivity index (χ0v) is 16.4. The van der Waals surface area contributed by atoms with Gasteiger partial charge in [-0.05, 0) is 71.9 Å². The highest BCUT2D eigenvalue weighted by Gasteiger charge is 2.63. The Hall–Kier alpha value is -1.57. The van der Waals surface area contributed by atoms with Gasteiger partial charge in [-0.15, -0.1) is 0 Å². The molecule has 0 amide bonds. The number of rotatable bonds is 6. The first-order chi connectivity index (χ1) is 11.8. The summed E-state index contributed by atoms with van der Waals surface area (Å²) in [5.41, 5.74) is 3.34. The maximum Gasteiger partial charge on any atom is 0.165 e. The molecule has 3 rings (SSSR count). The van der Waals surface area contributed by atoms with E-state index in [1.165, 1.54) is 24.8 Å². The predicted molar refractivity (Wildman–Crippen MR) is 104 cm³/mol. The molecule has 2 saturated carbocycles. The molecule has 0 radical (unpaired) electrons. The summed E-state index contributed by atoms with van der Waals surface area (Å²) >= 11 is 0. The monoisotopic (exact) mass is 340 g/mol. The Labute approximate surface area is 152 Å². The molecule has 2 nitrogen and oxygen atoms in total. The molecular formula is C23H32O2. The van der Waals surface area contributed by atoms with Gasteiger partial charge in [-0.3, -0.25) is 4.79 Å². The van der Waals surface area contributed by atoms with Gasteiger partial charge in [0.2, 0.25) is 0 Å². The molecule has 2 aliphatic carbocycles. The summed E-state index contributed by atoms with van der Waals surface area (Å²) in [7, 11) is 1.74. The van der Waals surface area contributed by atoms with E-state index in [1.54, 1.807) is 7.11 Å². The lowest BCUT2D eigenvalue weighted by Gasteiger charge is -2.31. The maximum absolute atomic E-state index is 13.0. The number of ketones is 1. The molecule has 136 valence electrons. The van der Waals surface area contributed by atoms with Crippen LogP contribution in [0.2, 0.25) is 0 Å². The Morgan fingerprint density at radius 2 is 2.00 bits per heavy atom. The molecule has 2 bridgehead atoms. The zero-order valence-electron chi connectivity index (χ0n) is 16.4. The molecule has 0 spiro atoms. The number of aryl methyl sites for hydroxylation is 1. The minimum absolute atomic E-state index is 0.0757. The molecule has 2 aliphatic rings. The molecule has 2 fully saturated rings. The zero-order chi connectivity index (χ0) is 18.2. The van der Waals surface area contributed by atoms with Crippen LogP contribution >= 0.6 is 0 Å². The number of unbranched alkanes of at least 4 members (excludes halogenated alkanes) is 2. The van der Waals surface area contributed by atoms with Crippen molar-refractivity contribution in [2.45, 2.75) is 66.2 Å². The van der Waals surface area contributed by atoms with Gasteiger partial charge in [-0.1, -0.05) is 46.6 Å². The summed E-state index contributed by atoms with van der Waals surface area (Å²) in [6.07, 6.45) is 9.00. The van der Waals surface area contributed by atoms with Crippen molar-refractivity contribution in [1.82, 2.24) is 0 Å². The van der Waals surface area contributed by atoms with Crippen LogP contribution in [-0.2, 0) is 11.2 Å². The van der Waals surface area contributed by atoms with Crippen LogP contribution in [0.5, 0.6) is 5.75 Å². The normalized spacial score (nSPS) is 28.8. The Kier molecular flexibility index (Phi) is 4.83. The SMILES string of the molecule is CCCCCc1cc(C=C2C(=O)C3(C)CCC2C3(C)C)ccc1OC. The van der Waals surface area contributed by atoms with Crippen molar-refractivity contribution in [3.8, 4) is 5.75 Å². The average Bonchev–Trinajstić information content (AvgIpc) is 2.89. The average molecular weight is 341 g/mol. The number of ether oxygens (including phenoxy) is 1. The van der Waals surface area contributed by atoms with Crippen LogP contribution in [0.15, 0.2) is 23.8 Å². The van der Waals surface area contributed by atoms with E-state index in [0.29, 0.717) is 11.7 Å². The van der Waals surface area contributed by atoms with Gasteiger partial charge in [0.15, 0.2) is 5.78 Å². The molecule has 1 aromatic rings. The predicted octanol–water partition coefficient (Wildman–Crippen LogP) is 5.84. The second-order valence-electron chi connectivity index (χ2n) is 8.60. The first-order valence-corrected chi connectivity index (χ1v) is 9.78. The third kappa shape index (κ3) is 2.84. The molecule has 2 heteroatoms. The summed E-state index contributed by atoms with van der Waals surface area (Å²) in [4.78, 5) is 13.0. The Morgan fingerprint density at radius 3 is 2.60 bits per heavy atom. The second kappa shape index (κ2) is 6.63. The Bertz CT molecular complexity index is 698. The molecule has 0 aliphatic heterocycles. The lowest BCUT2D eigenvalue weighted by Crippen LogP contribution is -2.32. The fraction of sp³-hybridized carbons (Fsp3) is 0.609. The van der Waals surface area contributed by atoms with Gasteiger partial charge in [-0.2, -0.15) is 0 Å². The van der Waals surface area contributed by atoms with Gasteiger partial charge in [-0.25, -0.2) is 0 Å². The number of carbonyl (C=O) groups is 1. The largest absolute Gasteiger partial charge is 0.496 e. The van der Waals surface area contributed by atoms with Crippen molar-refractivity contribution in [2.24, 2.45) is 16.7 Å². The second-order valence-corrected chi connectivity index (χ2v) is 8.60. The van der Waals surface area contributed by atoms with Crippen molar-refractivity contribution < 1.29 is 9.53 Å². The molecule has 0 aromatic heterocycles. The van der Waals surface area contributed by atoms with E-state index in [1.807, 2.05) is 0 Å². The van der Waals surface area contributed by atoms with E-state index in [4.69, 9.17) is 4.74 Å². The van der Waals surface area contributed by atoms with Crippen LogP contribution in [0, 0.1) is 16.7 Å². The topological polar surface area (TPSA) is 26.3 Å². The molecule has 25 heavy (non-hydrogen) atoms. The standard InChI is InChI=1S/C23H32O2/c1-6-7-8-9-17-14-16(10-11-20(17)25-5)15-18-19-12-13-23(4,21(18)24)22(19,2)3/h10-11,14-15,19H,6-9,12-13H2,1-5H3. The smallest absolute Gasteiger partial charge is 0.165 e. The first-order valence-electron chi connectivity index (χ1n) is 9.78. The minimum atomic E-state index is -0.181. The number of hydrogen-bond acceptors (Lipinski definition) is 2. The highest BCUT2D eigenvalue weighted by molar-refractivity contribution is 6.07. The molecule has 0 saturated heterocycles. The van der Waals surface area contributed by atoms with E-state index in [9.17, 15) is 4.79 Å². The van der Waals surface area contributed by atoms with E-state index < -0.39 is 0 Å². The molecule has 0 N–H and O–H groups in total. The van der Waals surface area contributed by atoms with Crippen molar-refractivity contribution in [3.05, 3.63) is 34.9 Å². The third-order valence-corrected chi connectivity index (χ3v) is 7.04. The number of fused-ring (bicyclic) bond motifs is 2. The van der Waals surface area contributed by atoms with E-state index in [-0.39, 0.29) is 10.8 Å². The van der Waals surface area contributed by atoms with Crippen molar-refractivity contribution in [3.63, 3.8) is 0 Å². The number of Topliss-reactive ketones (excluding diaryl/α,β-unsaturated/α-hetero) is 1. The lowest BCUT2D eigenvalue weighted by atomic mass is 9.70. The van der Waals surface area contributed by atoms with Gasteiger partial charge < -0.3 is 4.74 Å². The van der Waals surface area contributed by atoms with Crippen LogP contribution in [0.25, 0.3) is 6.08 Å².